The van der Waals surface area contributed by atoms with Crippen molar-refractivity contribution in [3.05, 3.63) is 39.6 Å². The number of quaternary nitrogens is 1. The van der Waals surface area contributed by atoms with Gasteiger partial charge in [0.05, 0.1) is 25.5 Å². The molecule has 0 unspecified atom stereocenters. The number of rotatable bonds is 6. The molecule has 0 bridgehead atoms. The van der Waals surface area contributed by atoms with Crippen LogP contribution in [-0.4, -0.2) is 45.4 Å². The predicted molar refractivity (Wildman–Crippen MR) is 97.3 cm³/mol. The van der Waals surface area contributed by atoms with Gasteiger partial charge in [-0.15, -0.1) is 0 Å². The van der Waals surface area contributed by atoms with Crippen LogP contribution in [0.25, 0.3) is 5.70 Å². The number of carbonyl (C=O) groups excluding carboxylic acids is 1. The third-order valence-corrected chi connectivity index (χ3v) is 4.46. The number of halogens is 3. The quantitative estimate of drug-likeness (QED) is 0.649. The first-order chi connectivity index (χ1) is 12.0. The van der Waals surface area contributed by atoms with Gasteiger partial charge in [0.2, 0.25) is 0 Å². The lowest BCUT2D eigenvalue weighted by molar-refractivity contribution is -0.908. The van der Waals surface area contributed by atoms with E-state index in [4.69, 9.17) is 27.9 Å². The average molecular weight is 391 g/mol. The van der Waals surface area contributed by atoms with Crippen molar-refractivity contribution in [2.45, 2.75) is 13.3 Å². The molecule has 2 rings (SSSR count). The molecule has 1 aliphatic heterocycles. The minimum atomic E-state index is -0.424. The molecule has 1 fully saturated rings. The number of amides is 2. The lowest BCUT2D eigenvalue weighted by Gasteiger charge is -2.23. The van der Waals surface area contributed by atoms with Crippen molar-refractivity contribution >= 4 is 34.9 Å². The Morgan fingerprint density at radius 2 is 2.04 bits per heavy atom. The summed E-state index contributed by atoms with van der Waals surface area (Å²) in [5.41, 5.74) is 1.10. The molecule has 0 aliphatic carbocycles. The van der Waals surface area contributed by atoms with Crippen LogP contribution in [0.2, 0.25) is 0 Å². The highest BCUT2D eigenvalue weighted by Crippen LogP contribution is 2.23. The fourth-order valence-electron chi connectivity index (χ4n) is 2.58. The van der Waals surface area contributed by atoms with Gasteiger partial charge in [0.25, 0.3) is 0 Å². The van der Waals surface area contributed by atoms with Crippen molar-refractivity contribution in [2.75, 3.05) is 39.4 Å². The van der Waals surface area contributed by atoms with Crippen molar-refractivity contribution in [1.29, 1.82) is 0 Å². The van der Waals surface area contributed by atoms with E-state index < -0.39 is 6.03 Å². The Balaban J connectivity index is 1.82. The van der Waals surface area contributed by atoms with Crippen LogP contribution in [0.4, 0.5) is 9.18 Å². The van der Waals surface area contributed by atoms with Crippen molar-refractivity contribution in [2.24, 2.45) is 0 Å². The van der Waals surface area contributed by atoms with Crippen molar-refractivity contribution in [1.82, 2.24) is 10.6 Å². The summed E-state index contributed by atoms with van der Waals surface area (Å²) in [6, 6.07) is 4.12. The highest BCUT2D eigenvalue weighted by atomic mass is 35.5. The molecule has 0 aromatic heterocycles. The van der Waals surface area contributed by atoms with E-state index in [1.807, 2.05) is 0 Å². The molecule has 8 heteroatoms. The summed E-state index contributed by atoms with van der Waals surface area (Å²) in [4.78, 5) is 13.5. The molecule has 1 aliphatic rings. The molecule has 5 nitrogen and oxygen atoms in total. The van der Waals surface area contributed by atoms with Gasteiger partial charge >= 0.3 is 6.03 Å². The van der Waals surface area contributed by atoms with Crippen molar-refractivity contribution in [3.8, 4) is 0 Å². The number of ether oxygens (including phenoxy) is 1. The Hall–Kier alpha value is -1.34. The highest BCUT2D eigenvalue weighted by Gasteiger charge is 2.14. The van der Waals surface area contributed by atoms with Crippen LogP contribution in [0.3, 0.4) is 0 Å². The zero-order chi connectivity index (χ0) is 18.2. The van der Waals surface area contributed by atoms with Gasteiger partial charge in [0.15, 0.2) is 0 Å². The van der Waals surface area contributed by atoms with Crippen LogP contribution < -0.4 is 15.5 Å². The number of nitrogens with one attached hydrogen (secondary N) is 3. The first-order valence-corrected chi connectivity index (χ1v) is 9.01. The third kappa shape index (κ3) is 6.47. The first kappa shape index (κ1) is 20.0. The van der Waals surface area contributed by atoms with Crippen LogP contribution >= 0.6 is 23.2 Å². The zero-order valence-corrected chi connectivity index (χ0v) is 15.6. The predicted octanol–water partition coefficient (Wildman–Crippen LogP) is 1.84. The summed E-state index contributed by atoms with van der Waals surface area (Å²) in [6.07, 6.45) is 0.857. The molecule has 1 aromatic carbocycles. The number of aryl methyl sites for hydroxylation is 1. The molecular weight excluding hydrogens is 368 g/mol. The molecule has 2 amide bonds. The summed E-state index contributed by atoms with van der Waals surface area (Å²) in [6.45, 7) is 6.75. The second-order valence-electron chi connectivity index (χ2n) is 5.95. The molecule has 1 heterocycles. The number of hydrogen-bond donors (Lipinski definition) is 3. The number of hydrogen-bond acceptors (Lipinski definition) is 2. The molecule has 3 N–H and O–H groups in total. The van der Waals surface area contributed by atoms with E-state index in [9.17, 15) is 9.18 Å². The summed E-state index contributed by atoms with van der Waals surface area (Å²) < 4.78 is 18.9. The second kappa shape index (κ2) is 9.97. The zero-order valence-electron chi connectivity index (χ0n) is 14.1. The van der Waals surface area contributed by atoms with Gasteiger partial charge in [-0.2, -0.15) is 0 Å². The summed E-state index contributed by atoms with van der Waals surface area (Å²) >= 11 is 11.7. The molecule has 0 saturated carbocycles. The fourth-order valence-corrected chi connectivity index (χ4v) is 2.90. The van der Waals surface area contributed by atoms with Gasteiger partial charge in [-0.25, -0.2) is 9.18 Å². The Morgan fingerprint density at radius 3 is 2.68 bits per heavy atom. The monoisotopic (exact) mass is 390 g/mol. The molecule has 0 radical (unpaired) electrons. The van der Waals surface area contributed by atoms with Gasteiger partial charge < -0.3 is 20.3 Å². The average Bonchev–Trinajstić information content (AvgIpc) is 2.60. The fraction of sp³-hybridized carbons (Fsp3) is 0.471. The van der Waals surface area contributed by atoms with E-state index in [2.05, 4.69) is 10.6 Å². The normalized spacial score (nSPS) is 14.9. The summed E-state index contributed by atoms with van der Waals surface area (Å²) in [7, 11) is 0. The van der Waals surface area contributed by atoms with Crippen LogP contribution in [0, 0.1) is 12.7 Å². The molecule has 1 saturated heterocycles. The summed E-state index contributed by atoms with van der Waals surface area (Å²) in [5.74, 6) is -0.389. The van der Waals surface area contributed by atoms with Gasteiger partial charge in [-0.3, -0.25) is 0 Å². The van der Waals surface area contributed by atoms with E-state index in [0.29, 0.717) is 17.7 Å². The maximum absolute atomic E-state index is 13.7. The summed E-state index contributed by atoms with van der Waals surface area (Å²) in [5, 5.41) is 5.35. The molecule has 25 heavy (non-hydrogen) atoms. The van der Waals surface area contributed by atoms with Crippen molar-refractivity contribution < 1.29 is 18.8 Å². The largest absolute Gasteiger partial charge is 0.370 e. The van der Waals surface area contributed by atoms with E-state index in [0.717, 1.165) is 39.3 Å². The van der Waals surface area contributed by atoms with E-state index in [-0.39, 0.29) is 16.0 Å². The Bertz CT molecular complexity index is 630. The molecular formula is C17H23Cl2FN3O2+. The Labute approximate surface area is 157 Å². The highest BCUT2D eigenvalue weighted by molar-refractivity contribution is 6.58. The number of urea groups is 1. The van der Waals surface area contributed by atoms with Gasteiger partial charge in [0.1, 0.15) is 23.4 Å². The third-order valence-electron chi connectivity index (χ3n) is 4.08. The maximum atomic E-state index is 13.7. The SMILES string of the molecule is Cc1ccc(C(NC(=O)NCCC[NH+]2CCOCC2)=C(Cl)Cl)cc1F. The van der Waals surface area contributed by atoms with Crippen LogP contribution in [0.5, 0.6) is 0 Å². The molecule has 0 atom stereocenters. The van der Waals surface area contributed by atoms with E-state index in [1.165, 1.54) is 11.0 Å². The number of benzene rings is 1. The molecule has 1 aromatic rings. The van der Waals surface area contributed by atoms with E-state index in [1.54, 1.807) is 19.1 Å². The van der Waals surface area contributed by atoms with Crippen LogP contribution in [0.1, 0.15) is 17.5 Å². The standard InChI is InChI=1S/C17H22Cl2FN3O2/c1-12-3-4-13(11-14(12)20)15(16(18)19)22-17(24)21-5-2-6-23-7-9-25-10-8-23/h3-4,11H,2,5-10H2,1H3,(H2,21,22,24)/p+1. The Kier molecular flexibility index (Phi) is 7.96. The van der Waals surface area contributed by atoms with E-state index >= 15 is 0 Å². The number of morpholine rings is 1. The van der Waals surface area contributed by atoms with Crippen LogP contribution in [-0.2, 0) is 4.74 Å². The lowest BCUT2D eigenvalue weighted by atomic mass is 10.1. The minimum absolute atomic E-state index is 0.129. The Morgan fingerprint density at radius 1 is 1.32 bits per heavy atom. The van der Waals surface area contributed by atoms with Crippen molar-refractivity contribution in [3.63, 3.8) is 0 Å². The molecule has 138 valence electrons. The lowest BCUT2D eigenvalue weighted by Crippen LogP contribution is -3.14. The van der Waals surface area contributed by atoms with Gasteiger partial charge in [-0.05, 0) is 18.6 Å². The second-order valence-corrected chi connectivity index (χ2v) is 6.90. The van der Waals surface area contributed by atoms with Crippen LogP contribution in [0.15, 0.2) is 22.7 Å². The molecule has 0 spiro atoms. The smallest absolute Gasteiger partial charge is 0.319 e. The first-order valence-electron chi connectivity index (χ1n) is 8.25. The maximum Gasteiger partial charge on any atom is 0.319 e. The van der Waals surface area contributed by atoms with Gasteiger partial charge in [-0.1, -0.05) is 35.3 Å². The number of carbonyl (C=O) groups is 1. The minimum Gasteiger partial charge on any atom is -0.370 e. The van der Waals surface area contributed by atoms with Gasteiger partial charge in [0, 0.05) is 18.5 Å². The topological polar surface area (TPSA) is 54.8 Å².